The van der Waals surface area contributed by atoms with Crippen LogP contribution in [-0.2, 0) is 20.9 Å². The van der Waals surface area contributed by atoms with Crippen molar-refractivity contribution >= 4 is 58.4 Å². The number of benzene rings is 3. The number of hydrogen-bond donors (Lipinski definition) is 1. The quantitative estimate of drug-likeness (QED) is 0.270. The largest absolute Gasteiger partial charge is 0.489 e. The summed E-state index contributed by atoms with van der Waals surface area (Å²) in [5.74, 6) is -0.458. The van der Waals surface area contributed by atoms with Crippen LogP contribution in [0.25, 0.3) is 6.08 Å². The van der Waals surface area contributed by atoms with Crippen LogP contribution < -0.4 is 10.1 Å². The number of anilines is 1. The predicted octanol–water partition coefficient (Wildman–Crippen LogP) is 6.81. The zero-order valence-corrected chi connectivity index (χ0v) is 19.8. The van der Waals surface area contributed by atoms with Crippen molar-refractivity contribution in [1.82, 2.24) is 0 Å². The van der Waals surface area contributed by atoms with Gasteiger partial charge in [-0.15, -0.1) is 0 Å². The number of hydrogen-bond acceptors (Lipinski definition) is 4. The first-order valence-corrected chi connectivity index (χ1v) is 11.1. The van der Waals surface area contributed by atoms with Gasteiger partial charge in [-0.25, -0.2) is 4.79 Å². The van der Waals surface area contributed by atoms with E-state index in [1.54, 1.807) is 72.8 Å². The number of halogens is 3. The molecule has 1 unspecified atom stereocenters. The van der Waals surface area contributed by atoms with Crippen LogP contribution >= 0.6 is 34.8 Å². The molecule has 0 aromatic heterocycles. The average molecular weight is 505 g/mol. The Morgan fingerprint density at radius 1 is 0.939 bits per heavy atom. The molecular formula is C25H20Cl3NO4. The van der Waals surface area contributed by atoms with E-state index in [1.807, 2.05) is 0 Å². The Labute approximate surface area is 206 Å². The third kappa shape index (κ3) is 7.53. The molecule has 33 heavy (non-hydrogen) atoms. The van der Waals surface area contributed by atoms with Gasteiger partial charge in [0.25, 0.3) is 5.91 Å². The van der Waals surface area contributed by atoms with Crippen LogP contribution in [0.15, 0.2) is 72.8 Å². The van der Waals surface area contributed by atoms with E-state index in [0.29, 0.717) is 32.1 Å². The number of carbonyl (C=O) groups excluding carboxylic acids is 2. The fraction of sp³-hybridized carbons (Fsp3) is 0.120. The second-order valence-corrected chi connectivity index (χ2v) is 8.22. The summed E-state index contributed by atoms with van der Waals surface area (Å²) in [4.78, 5) is 24.2. The highest BCUT2D eigenvalue weighted by molar-refractivity contribution is 6.36. The molecule has 0 fully saturated rings. The summed E-state index contributed by atoms with van der Waals surface area (Å²) in [7, 11) is 0. The molecule has 0 aliphatic rings. The third-order valence-corrected chi connectivity index (χ3v) is 5.47. The predicted molar refractivity (Wildman–Crippen MR) is 132 cm³/mol. The summed E-state index contributed by atoms with van der Waals surface area (Å²) in [6.45, 7) is 1.73. The molecule has 0 heterocycles. The highest BCUT2D eigenvalue weighted by Crippen LogP contribution is 2.26. The lowest BCUT2D eigenvalue weighted by Gasteiger charge is -2.12. The average Bonchev–Trinajstić information content (AvgIpc) is 2.79. The molecule has 1 atom stereocenters. The van der Waals surface area contributed by atoms with E-state index in [-0.39, 0.29) is 6.61 Å². The molecule has 5 nitrogen and oxygen atoms in total. The second-order valence-electron chi connectivity index (χ2n) is 6.97. The van der Waals surface area contributed by atoms with Gasteiger partial charge in [-0.05, 0) is 67.1 Å². The molecule has 170 valence electrons. The Morgan fingerprint density at radius 3 is 2.21 bits per heavy atom. The molecule has 8 heteroatoms. The van der Waals surface area contributed by atoms with Gasteiger partial charge in [0.2, 0.25) is 0 Å². The minimum atomic E-state index is -0.967. The highest BCUT2D eigenvalue weighted by atomic mass is 35.5. The monoisotopic (exact) mass is 503 g/mol. The van der Waals surface area contributed by atoms with Gasteiger partial charge in [0.05, 0.1) is 0 Å². The second kappa shape index (κ2) is 11.8. The van der Waals surface area contributed by atoms with Crippen LogP contribution in [0.5, 0.6) is 5.75 Å². The maximum Gasteiger partial charge on any atom is 0.331 e. The fourth-order valence-corrected chi connectivity index (χ4v) is 3.34. The van der Waals surface area contributed by atoms with Crippen LogP contribution in [0.4, 0.5) is 5.69 Å². The molecule has 0 aliphatic carbocycles. The summed E-state index contributed by atoms with van der Waals surface area (Å²) in [5.41, 5.74) is 2.03. The van der Waals surface area contributed by atoms with Crippen LogP contribution in [0.2, 0.25) is 15.1 Å². The first kappa shape index (κ1) is 24.6. The lowest BCUT2D eigenvalue weighted by atomic mass is 10.2. The minimum absolute atomic E-state index is 0.232. The van der Waals surface area contributed by atoms with E-state index in [2.05, 4.69) is 5.32 Å². The van der Waals surface area contributed by atoms with Crippen molar-refractivity contribution in [1.29, 1.82) is 0 Å². The summed E-state index contributed by atoms with van der Waals surface area (Å²) < 4.78 is 10.9. The smallest absolute Gasteiger partial charge is 0.331 e. The van der Waals surface area contributed by atoms with Gasteiger partial charge in [0, 0.05) is 32.4 Å². The van der Waals surface area contributed by atoms with Crippen molar-refractivity contribution in [3.05, 3.63) is 99.0 Å². The minimum Gasteiger partial charge on any atom is -0.489 e. The first-order chi connectivity index (χ1) is 15.8. The first-order valence-electron chi connectivity index (χ1n) is 9.92. The van der Waals surface area contributed by atoms with Crippen molar-refractivity contribution in [3.63, 3.8) is 0 Å². The summed E-state index contributed by atoms with van der Waals surface area (Å²) in [6.07, 6.45) is 1.87. The number of nitrogens with one attached hydrogen (secondary N) is 1. The normalized spacial score (nSPS) is 11.8. The number of esters is 1. The van der Waals surface area contributed by atoms with Crippen molar-refractivity contribution in [2.45, 2.75) is 19.6 Å². The highest BCUT2D eigenvalue weighted by Gasteiger charge is 2.16. The molecule has 0 saturated carbocycles. The van der Waals surface area contributed by atoms with E-state index in [1.165, 1.54) is 13.0 Å². The number of rotatable bonds is 8. The maximum atomic E-state index is 12.2. The van der Waals surface area contributed by atoms with Gasteiger partial charge >= 0.3 is 5.97 Å². The number of ether oxygens (including phenoxy) is 2. The van der Waals surface area contributed by atoms with Gasteiger partial charge in [-0.2, -0.15) is 0 Å². The van der Waals surface area contributed by atoms with Gasteiger partial charge in [0.1, 0.15) is 12.4 Å². The number of carbonyl (C=O) groups is 2. The third-order valence-electron chi connectivity index (χ3n) is 4.51. The standard InChI is InChI=1S/C25H20Cl3NO4/c1-16(25(31)29-19-10-8-18(26)9-11-19)33-24(30)14-7-17-5-12-20(13-6-17)32-15-21-22(27)3-2-4-23(21)28/h2-14,16H,15H2,1H3,(H,29,31)/b14-7+. The lowest BCUT2D eigenvalue weighted by Crippen LogP contribution is -2.29. The van der Waals surface area contributed by atoms with E-state index in [4.69, 9.17) is 44.3 Å². The van der Waals surface area contributed by atoms with E-state index >= 15 is 0 Å². The Kier molecular flexibility index (Phi) is 8.78. The summed E-state index contributed by atoms with van der Waals surface area (Å²) in [5, 5.41) is 4.29. The van der Waals surface area contributed by atoms with Gasteiger partial charge < -0.3 is 14.8 Å². The van der Waals surface area contributed by atoms with Crippen LogP contribution in [0.3, 0.4) is 0 Å². The van der Waals surface area contributed by atoms with Crippen molar-refractivity contribution in [3.8, 4) is 5.75 Å². The summed E-state index contributed by atoms with van der Waals surface area (Å²) >= 11 is 18.1. The zero-order valence-electron chi connectivity index (χ0n) is 17.6. The maximum absolute atomic E-state index is 12.2. The van der Waals surface area contributed by atoms with Crippen LogP contribution in [0.1, 0.15) is 18.1 Å². The van der Waals surface area contributed by atoms with E-state index in [0.717, 1.165) is 5.56 Å². The Bertz CT molecular complexity index is 1130. The molecule has 0 aliphatic heterocycles. The molecule has 1 N–H and O–H groups in total. The van der Waals surface area contributed by atoms with Gasteiger partial charge in [-0.1, -0.05) is 53.0 Å². The SMILES string of the molecule is CC(OC(=O)/C=C/c1ccc(OCc2c(Cl)cccc2Cl)cc1)C(=O)Nc1ccc(Cl)cc1. The van der Waals surface area contributed by atoms with Gasteiger partial charge in [0.15, 0.2) is 6.10 Å². The molecule has 1 amide bonds. The van der Waals surface area contributed by atoms with Crippen molar-refractivity contribution in [2.24, 2.45) is 0 Å². The van der Waals surface area contributed by atoms with E-state index < -0.39 is 18.0 Å². The lowest BCUT2D eigenvalue weighted by molar-refractivity contribution is -0.148. The van der Waals surface area contributed by atoms with Crippen molar-refractivity contribution in [2.75, 3.05) is 5.32 Å². The fourth-order valence-electron chi connectivity index (χ4n) is 2.71. The Balaban J connectivity index is 1.49. The Hall–Kier alpha value is -2.99. The topological polar surface area (TPSA) is 64.6 Å². The van der Waals surface area contributed by atoms with Crippen LogP contribution in [-0.4, -0.2) is 18.0 Å². The van der Waals surface area contributed by atoms with Gasteiger partial charge in [-0.3, -0.25) is 4.79 Å². The van der Waals surface area contributed by atoms with E-state index in [9.17, 15) is 9.59 Å². The molecule has 3 aromatic carbocycles. The molecule has 3 aromatic rings. The molecule has 0 bridgehead atoms. The van der Waals surface area contributed by atoms with Crippen molar-refractivity contribution < 1.29 is 19.1 Å². The number of amides is 1. The molecule has 0 saturated heterocycles. The Morgan fingerprint density at radius 2 is 1.58 bits per heavy atom. The zero-order chi connectivity index (χ0) is 23.8. The molecule has 3 rings (SSSR count). The van der Waals surface area contributed by atoms with Crippen LogP contribution in [0, 0.1) is 0 Å². The summed E-state index contributed by atoms with van der Waals surface area (Å²) in [6, 6.07) is 19.0. The molecule has 0 radical (unpaired) electrons. The molecular weight excluding hydrogens is 485 g/mol. The molecule has 0 spiro atoms.